The van der Waals surface area contributed by atoms with Crippen molar-refractivity contribution in [3.05, 3.63) is 78.1 Å². The van der Waals surface area contributed by atoms with Crippen molar-refractivity contribution in [1.29, 1.82) is 0 Å². The molecule has 2 aromatic heterocycles. The number of aromatic nitrogens is 2. The predicted octanol–water partition coefficient (Wildman–Crippen LogP) is 5.52. The highest BCUT2D eigenvalue weighted by Gasteiger charge is 2.12. The molecule has 2 aromatic carbocycles. The Balaban J connectivity index is 1.85. The molecule has 0 aliphatic heterocycles. The summed E-state index contributed by atoms with van der Waals surface area (Å²) in [5, 5.41) is 10.7. The molecular formula is C23H22N2O. The van der Waals surface area contributed by atoms with Gasteiger partial charge in [0.2, 0.25) is 0 Å². The monoisotopic (exact) mass is 342 g/mol. The Morgan fingerprint density at radius 2 is 1.62 bits per heavy atom. The van der Waals surface area contributed by atoms with Gasteiger partial charge < -0.3 is 9.67 Å². The highest BCUT2D eigenvalue weighted by atomic mass is 16.3. The Kier molecular flexibility index (Phi) is 4.21. The van der Waals surface area contributed by atoms with E-state index in [0.717, 1.165) is 35.1 Å². The summed E-state index contributed by atoms with van der Waals surface area (Å²) in [5.41, 5.74) is 7.07. The molecule has 0 saturated carbocycles. The van der Waals surface area contributed by atoms with Crippen LogP contribution >= 0.6 is 0 Å². The zero-order valence-corrected chi connectivity index (χ0v) is 15.1. The second-order valence-corrected chi connectivity index (χ2v) is 6.49. The van der Waals surface area contributed by atoms with E-state index in [2.05, 4.69) is 54.9 Å². The summed E-state index contributed by atoms with van der Waals surface area (Å²) in [7, 11) is 0. The number of hydrogen-bond donors (Lipinski definition) is 1. The lowest BCUT2D eigenvalue weighted by Gasteiger charge is -2.13. The van der Waals surface area contributed by atoms with Crippen LogP contribution in [0.5, 0.6) is 5.75 Å². The zero-order chi connectivity index (χ0) is 18.1. The van der Waals surface area contributed by atoms with E-state index in [4.69, 9.17) is 4.98 Å². The van der Waals surface area contributed by atoms with Gasteiger partial charge in [-0.25, -0.2) is 0 Å². The molecule has 0 spiro atoms. The van der Waals surface area contributed by atoms with Crippen molar-refractivity contribution in [2.75, 3.05) is 0 Å². The largest absolute Gasteiger partial charge is 0.508 e. The van der Waals surface area contributed by atoms with Gasteiger partial charge in [-0.05, 0) is 60.4 Å². The highest BCUT2D eigenvalue weighted by molar-refractivity contribution is 5.86. The predicted molar refractivity (Wildman–Crippen MR) is 107 cm³/mol. The minimum absolute atomic E-state index is 0.272. The van der Waals surface area contributed by atoms with Gasteiger partial charge in [0.1, 0.15) is 5.75 Å². The van der Waals surface area contributed by atoms with Crippen LogP contribution in [0, 0.1) is 0 Å². The van der Waals surface area contributed by atoms with Crippen LogP contribution in [0.3, 0.4) is 0 Å². The van der Waals surface area contributed by atoms with Gasteiger partial charge >= 0.3 is 0 Å². The van der Waals surface area contributed by atoms with E-state index in [1.165, 1.54) is 16.7 Å². The Bertz CT molecular complexity index is 1040. The number of hydrogen-bond acceptors (Lipinski definition) is 2. The third-order valence-electron chi connectivity index (χ3n) is 4.96. The summed E-state index contributed by atoms with van der Waals surface area (Å²) < 4.78 is 2.10. The van der Waals surface area contributed by atoms with Crippen LogP contribution in [-0.4, -0.2) is 14.7 Å². The number of phenolic OH excluding ortho intramolecular Hbond substituents is 1. The van der Waals surface area contributed by atoms with Gasteiger partial charge in [-0.3, -0.25) is 4.98 Å². The second kappa shape index (κ2) is 6.68. The van der Waals surface area contributed by atoms with E-state index in [1.54, 1.807) is 12.1 Å². The minimum Gasteiger partial charge on any atom is -0.508 e. The molecule has 0 saturated heterocycles. The SMILES string of the molecule is CCc1cccc(CC)c1-c1cc2ccn(-c3ccc(O)cc3)c2cn1. The molecule has 130 valence electrons. The van der Waals surface area contributed by atoms with Gasteiger partial charge in [0.15, 0.2) is 0 Å². The first-order chi connectivity index (χ1) is 12.7. The molecule has 0 radical (unpaired) electrons. The lowest BCUT2D eigenvalue weighted by Crippen LogP contribution is -1.97. The average molecular weight is 342 g/mol. The summed E-state index contributed by atoms with van der Waals surface area (Å²) >= 11 is 0. The van der Waals surface area contributed by atoms with Crippen molar-refractivity contribution in [2.24, 2.45) is 0 Å². The van der Waals surface area contributed by atoms with Gasteiger partial charge in [0.05, 0.1) is 17.4 Å². The van der Waals surface area contributed by atoms with Crippen molar-refractivity contribution in [3.63, 3.8) is 0 Å². The minimum atomic E-state index is 0.272. The van der Waals surface area contributed by atoms with Crippen molar-refractivity contribution < 1.29 is 5.11 Å². The van der Waals surface area contributed by atoms with E-state index in [1.807, 2.05) is 18.3 Å². The van der Waals surface area contributed by atoms with E-state index < -0.39 is 0 Å². The molecule has 1 N–H and O–H groups in total. The van der Waals surface area contributed by atoms with Crippen LogP contribution in [-0.2, 0) is 12.8 Å². The van der Waals surface area contributed by atoms with Crippen LogP contribution in [0.15, 0.2) is 67.0 Å². The first-order valence-corrected chi connectivity index (χ1v) is 9.09. The normalized spacial score (nSPS) is 11.2. The Morgan fingerprint density at radius 3 is 2.27 bits per heavy atom. The molecule has 2 heterocycles. The Labute approximate surface area is 153 Å². The lowest BCUT2D eigenvalue weighted by atomic mass is 9.94. The van der Waals surface area contributed by atoms with Gasteiger partial charge in [-0.1, -0.05) is 32.0 Å². The number of rotatable bonds is 4. The average Bonchev–Trinajstić information content (AvgIpc) is 3.11. The quantitative estimate of drug-likeness (QED) is 0.530. The first kappa shape index (κ1) is 16.4. The number of nitrogens with zero attached hydrogens (tertiary/aromatic N) is 2. The van der Waals surface area contributed by atoms with E-state index >= 15 is 0 Å². The molecule has 4 rings (SSSR count). The second-order valence-electron chi connectivity index (χ2n) is 6.49. The molecule has 0 bridgehead atoms. The van der Waals surface area contributed by atoms with Gasteiger partial charge in [0, 0.05) is 22.8 Å². The maximum absolute atomic E-state index is 9.51. The van der Waals surface area contributed by atoms with Crippen LogP contribution in [0.25, 0.3) is 27.8 Å². The molecule has 3 heteroatoms. The van der Waals surface area contributed by atoms with Crippen LogP contribution < -0.4 is 0 Å². The summed E-state index contributed by atoms with van der Waals surface area (Å²) in [6.45, 7) is 4.39. The molecule has 0 aliphatic carbocycles. The standard InChI is InChI=1S/C23H22N2O/c1-3-16-6-5-7-17(4-2)23(16)21-14-18-12-13-25(22(18)15-24-21)19-8-10-20(26)11-9-19/h5-15,26H,3-4H2,1-2H3. The van der Waals surface area contributed by atoms with E-state index in [-0.39, 0.29) is 5.75 Å². The van der Waals surface area contributed by atoms with Crippen molar-refractivity contribution in [1.82, 2.24) is 9.55 Å². The molecule has 0 fully saturated rings. The number of aromatic hydroxyl groups is 1. The summed E-state index contributed by atoms with van der Waals surface area (Å²) in [6.07, 6.45) is 5.99. The topological polar surface area (TPSA) is 38.0 Å². The molecule has 0 unspecified atom stereocenters. The number of pyridine rings is 1. The molecule has 0 atom stereocenters. The van der Waals surface area contributed by atoms with Gasteiger partial charge in [0.25, 0.3) is 0 Å². The summed E-state index contributed by atoms with van der Waals surface area (Å²) in [4.78, 5) is 4.80. The molecular weight excluding hydrogens is 320 g/mol. The fraction of sp³-hybridized carbons (Fsp3) is 0.174. The number of phenols is 1. The zero-order valence-electron chi connectivity index (χ0n) is 15.1. The van der Waals surface area contributed by atoms with Crippen molar-refractivity contribution >= 4 is 10.9 Å². The maximum Gasteiger partial charge on any atom is 0.115 e. The van der Waals surface area contributed by atoms with Crippen LogP contribution in [0.4, 0.5) is 0 Å². The van der Waals surface area contributed by atoms with Crippen molar-refractivity contribution in [3.8, 4) is 22.7 Å². The fourth-order valence-electron chi connectivity index (χ4n) is 3.58. The summed E-state index contributed by atoms with van der Waals surface area (Å²) in [6, 6.07) is 18.1. The fourth-order valence-corrected chi connectivity index (χ4v) is 3.58. The third-order valence-corrected chi connectivity index (χ3v) is 4.96. The molecule has 3 nitrogen and oxygen atoms in total. The maximum atomic E-state index is 9.51. The molecule has 26 heavy (non-hydrogen) atoms. The van der Waals surface area contributed by atoms with Gasteiger partial charge in [-0.2, -0.15) is 0 Å². The molecule has 0 aliphatic rings. The third kappa shape index (κ3) is 2.76. The molecule has 0 amide bonds. The number of fused-ring (bicyclic) bond motifs is 1. The Hall–Kier alpha value is -3.07. The number of benzene rings is 2. The number of aryl methyl sites for hydroxylation is 2. The Morgan fingerprint density at radius 1 is 0.923 bits per heavy atom. The van der Waals surface area contributed by atoms with Gasteiger partial charge in [-0.15, -0.1) is 0 Å². The van der Waals surface area contributed by atoms with E-state index in [9.17, 15) is 5.11 Å². The first-order valence-electron chi connectivity index (χ1n) is 9.09. The highest BCUT2D eigenvalue weighted by Crippen LogP contribution is 2.30. The summed E-state index contributed by atoms with van der Waals surface area (Å²) in [5.74, 6) is 0.272. The molecule has 4 aromatic rings. The smallest absolute Gasteiger partial charge is 0.115 e. The van der Waals surface area contributed by atoms with Crippen LogP contribution in [0.1, 0.15) is 25.0 Å². The van der Waals surface area contributed by atoms with Crippen molar-refractivity contribution in [2.45, 2.75) is 26.7 Å². The van der Waals surface area contributed by atoms with Crippen LogP contribution in [0.2, 0.25) is 0 Å². The lowest BCUT2D eigenvalue weighted by molar-refractivity contribution is 0.475. The van der Waals surface area contributed by atoms with E-state index in [0.29, 0.717) is 0 Å².